The van der Waals surface area contributed by atoms with Gasteiger partial charge in [-0.25, -0.2) is 4.39 Å². The molecule has 13 heavy (non-hydrogen) atoms. The minimum Gasteiger partial charge on any atom is -0.253 e. The molecule has 0 amide bonds. The first-order valence-electron chi connectivity index (χ1n) is 3.89. The van der Waals surface area contributed by atoms with Crippen molar-refractivity contribution in [3.63, 3.8) is 0 Å². The molecule has 0 saturated carbocycles. The Hall–Kier alpha value is -1.09. The molecule has 1 aromatic carbocycles. The van der Waals surface area contributed by atoms with Crippen LogP contribution in [0.3, 0.4) is 0 Å². The maximum atomic E-state index is 13.4. The van der Waals surface area contributed by atoms with E-state index in [4.69, 9.17) is 0 Å². The zero-order valence-electron chi connectivity index (χ0n) is 7.12. The fourth-order valence-corrected chi connectivity index (χ4v) is 1.71. The van der Waals surface area contributed by atoms with E-state index in [2.05, 4.69) is 4.98 Å². The summed E-state index contributed by atoms with van der Waals surface area (Å²) < 4.78 is 13.4. The van der Waals surface area contributed by atoms with Gasteiger partial charge in [0.1, 0.15) is 5.52 Å². The summed E-state index contributed by atoms with van der Waals surface area (Å²) >= 11 is 1.53. The Morgan fingerprint density at radius 2 is 2.23 bits per heavy atom. The van der Waals surface area contributed by atoms with E-state index in [1.165, 1.54) is 17.8 Å². The number of nitrogens with zero attached hydrogens (tertiary/aromatic N) is 1. The SMILES string of the molecule is CSc1cc(F)c2ncccc2c1. The lowest BCUT2D eigenvalue weighted by Crippen LogP contribution is -1.84. The van der Waals surface area contributed by atoms with Crippen LogP contribution < -0.4 is 0 Å². The number of rotatable bonds is 1. The Morgan fingerprint density at radius 3 is 3.00 bits per heavy atom. The molecule has 1 nitrogen and oxygen atoms in total. The first-order chi connectivity index (χ1) is 6.31. The number of hydrogen-bond acceptors (Lipinski definition) is 2. The van der Waals surface area contributed by atoms with Gasteiger partial charge in [0, 0.05) is 16.5 Å². The molecule has 1 heterocycles. The van der Waals surface area contributed by atoms with Crippen LogP contribution in [0.25, 0.3) is 10.9 Å². The van der Waals surface area contributed by atoms with Crippen molar-refractivity contribution in [2.24, 2.45) is 0 Å². The number of benzene rings is 1. The average Bonchev–Trinajstić information content (AvgIpc) is 2.18. The number of halogens is 1. The van der Waals surface area contributed by atoms with E-state index in [1.807, 2.05) is 24.5 Å². The molecule has 0 N–H and O–H groups in total. The van der Waals surface area contributed by atoms with Crippen LogP contribution in [-0.2, 0) is 0 Å². The molecule has 0 fully saturated rings. The molecule has 0 atom stereocenters. The Labute approximate surface area is 80.0 Å². The van der Waals surface area contributed by atoms with Gasteiger partial charge in [-0.2, -0.15) is 0 Å². The first-order valence-corrected chi connectivity index (χ1v) is 5.12. The fraction of sp³-hybridized carbons (Fsp3) is 0.100. The predicted octanol–water partition coefficient (Wildman–Crippen LogP) is 3.10. The lowest BCUT2D eigenvalue weighted by Gasteiger charge is -2.00. The number of fused-ring (bicyclic) bond motifs is 1. The number of thioether (sulfide) groups is 1. The standard InChI is InChI=1S/C10H8FNS/c1-13-8-5-7-3-2-4-12-10(7)9(11)6-8/h2-6H,1H3. The third-order valence-electron chi connectivity index (χ3n) is 1.87. The van der Waals surface area contributed by atoms with Crippen molar-refractivity contribution in [1.82, 2.24) is 4.98 Å². The number of hydrogen-bond donors (Lipinski definition) is 0. The molecule has 0 aliphatic heterocycles. The van der Waals surface area contributed by atoms with E-state index in [1.54, 1.807) is 6.20 Å². The second-order valence-electron chi connectivity index (χ2n) is 2.68. The summed E-state index contributed by atoms with van der Waals surface area (Å²) in [5, 5.41) is 0.854. The highest BCUT2D eigenvalue weighted by Crippen LogP contribution is 2.23. The van der Waals surface area contributed by atoms with E-state index in [-0.39, 0.29) is 5.82 Å². The molecular weight excluding hydrogens is 185 g/mol. The Kier molecular flexibility index (Phi) is 2.19. The third kappa shape index (κ3) is 1.52. The predicted molar refractivity (Wildman–Crippen MR) is 53.5 cm³/mol. The number of pyridine rings is 1. The van der Waals surface area contributed by atoms with Crippen LogP contribution in [0.2, 0.25) is 0 Å². The zero-order chi connectivity index (χ0) is 9.26. The van der Waals surface area contributed by atoms with Crippen molar-refractivity contribution in [3.8, 4) is 0 Å². The van der Waals surface area contributed by atoms with Crippen LogP contribution in [-0.4, -0.2) is 11.2 Å². The van der Waals surface area contributed by atoms with Crippen LogP contribution in [0.1, 0.15) is 0 Å². The van der Waals surface area contributed by atoms with Gasteiger partial charge < -0.3 is 0 Å². The zero-order valence-corrected chi connectivity index (χ0v) is 7.94. The van der Waals surface area contributed by atoms with Crippen LogP contribution in [0.4, 0.5) is 4.39 Å². The molecule has 0 aliphatic rings. The lowest BCUT2D eigenvalue weighted by atomic mass is 10.2. The molecule has 0 aliphatic carbocycles. The van der Waals surface area contributed by atoms with Crippen molar-refractivity contribution in [1.29, 1.82) is 0 Å². The Balaban J connectivity index is 2.77. The van der Waals surface area contributed by atoms with Gasteiger partial charge >= 0.3 is 0 Å². The summed E-state index contributed by atoms with van der Waals surface area (Å²) in [5.41, 5.74) is 0.445. The van der Waals surface area contributed by atoms with Crippen LogP contribution >= 0.6 is 11.8 Å². The van der Waals surface area contributed by atoms with Gasteiger partial charge in [-0.3, -0.25) is 4.98 Å². The molecule has 66 valence electrons. The highest BCUT2D eigenvalue weighted by atomic mass is 32.2. The van der Waals surface area contributed by atoms with Crippen LogP contribution in [0.15, 0.2) is 35.4 Å². The molecule has 0 bridgehead atoms. The van der Waals surface area contributed by atoms with Gasteiger partial charge in [0.05, 0.1) is 0 Å². The topological polar surface area (TPSA) is 12.9 Å². The van der Waals surface area contributed by atoms with Crippen LogP contribution in [0, 0.1) is 5.82 Å². The van der Waals surface area contributed by atoms with E-state index in [9.17, 15) is 4.39 Å². The summed E-state index contributed by atoms with van der Waals surface area (Å²) in [7, 11) is 0. The molecule has 1 aromatic heterocycles. The summed E-state index contributed by atoms with van der Waals surface area (Å²) in [5.74, 6) is -0.248. The minimum absolute atomic E-state index is 0.248. The van der Waals surface area contributed by atoms with Crippen molar-refractivity contribution >= 4 is 22.7 Å². The Bertz CT molecular complexity index is 442. The highest BCUT2D eigenvalue weighted by molar-refractivity contribution is 7.98. The fourth-order valence-electron chi connectivity index (χ4n) is 1.24. The van der Waals surface area contributed by atoms with E-state index in [0.717, 1.165) is 10.3 Å². The second kappa shape index (κ2) is 3.34. The van der Waals surface area contributed by atoms with Gasteiger partial charge in [-0.1, -0.05) is 6.07 Å². The van der Waals surface area contributed by atoms with Gasteiger partial charge in [0.2, 0.25) is 0 Å². The molecular formula is C10H8FNS. The third-order valence-corrected chi connectivity index (χ3v) is 2.57. The number of aromatic nitrogens is 1. The first kappa shape index (κ1) is 8.51. The monoisotopic (exact) mass is 193 g/mol. The van der Waals surface area contributed by atoms with Gasteiger partial charge in [0.15, 0.2) is 5.82 Å². The van der Waals surface area contributed by atoms with Crippen molar-refractivity contribution in [2.75, 3.05) is 6.26 Å². The average molecular weight is 193 g/mol. The largest absolute Gasteiger partial charge is 0.253 e. The summed E-state index contributed by atoms with van der Waals surface area (Å²) in [4.78, 5) is 4.90. The van der Waals surface area contributed by atoms with Crippen molar-refractivity contribution in [3.05, 3.63) is 36.3 Å². The smallest absolute Gasteiger partial charge is 0.150 e. The van der Waals surface area contributed by atoms with Gasteiger partial charge in [-0.05, 0) is 24.5 Å². The van der Waals surface area contributed by atoms with Crippen LogP contribution in [0.5, 0.6) is 0 Å². The summed E-state index contributed by atoms with van der Waals surface area (Å²) in [6.07, 6.45) is 3.53. The molecule has 0 spiro atoms. The van der Waals surface area contributed by atoms with E-state index >= 15 is 0 Å². The highest BCUT2D eigenvalue weighted by Gasteiger charge is 2.02. The maximum Gasteiger partial charge on any atom is 0.150 e. The molecule has 2 aromatic rings. The normalized spacial score (nSPS) is 10.6. The van der Waals surface area contributed by atoms with Crippen molar-refractivity contribution < 1.29 is 4.39 Å². The summed E-state index contributed by atoms with van der Waals surface area (Å²) in [6, 6.07) is 7.13. The molecule has 0 radical (unpaired) electrons. The maximum absolute atomic E-state index is 13.4. The second-order valence-corrected chi connectivity index (χ2v) is 3.56. The van der Waals surface area contributed by atoms with Gasteiger partial charge in [-0.15, -0.1) is 11.8 Å². The molecule has 2 rings (SSSR count). The van der Waals surface area contributed by atoms with E-state index in [0.29, 0.717) is 5.52 Å². The molecule has 0 unspecified atom stereocenters. The minimum atomic E-state index is -0.248. The van der Waals surface area contributed by atoms with Crippen molar-refractivity contribution in [2.45, 2.75) is 4.90 Å². The quantitative estimate of drug-likeness (QED) is 0.645. The lowest BCUT2D eigenvalue weighted by molar-refractivity contribution is 0.633. The Morgan fingerprint density at radius 1 is 1.38 bits per heavy atom. The molecule has 0 saturated heterocycles. The van der Waals surface area contributed by atoms with Gasteiger partial charge in [0.25, 0.3) is 0 Å². The van der Waals surface area contributed by atoms with E-state index < -0.39 is 0 Å². The summed E-state index contributed by atoms with van der Waals surface area (Å²) in [6.45, 7) is 0. The molecule has 3 heteroatoms.